The molecule has 0 radical (unpaired) electrons. The van der Waals surface area contributed by atoms with Crippen LogP contribution in [0.2, 0.25) is 0 Å². The molecule has 1 fully saturated rings. The van der Waals surface area contributed by atoms with Gasteiger partial charge in [-0.05, 0) is 66.9 Å². The van der Waals surface area contributed by atoms with Crippen LogP contribution < -0.4 is 5.32 Å². The van der Waals surface area contributed by atoms with Gasteiger partial charge in [0.2, 0.25) is 0 Å². The number of likely N-dealkylation sites (tertiary alicyclic amines) is 1. The molecule has 1 aliphatic rings. The number of rotatable bonds is 5. The first kappa shape index (κ1) is 13.5. The van der Waals surface area contributed by atoms with Crippen LogP contribution in [0.1, 0.15) is 24.6 Å². The normalized spacial score (nSPS) is 18.7. The van der Waals surface area contributed by atoms with Crippen LogP contribution in [0, 0.1) is 5.92 Å². The van der Waals surface area contributed by atoms with Gasteiger partial charge in [-0.2, -0.15) is 0 Å². The second-order valence-electron chi connectivity index (χ2n) is 4.76. The molecule has 2 nitrogen and oxygen atoms in total. The zero-order chi connectivity index (χ0) is 12.1. The van der Waals surface area contributed by atoms with Crippen LogP contribution in [0.5, 0.6) is 0 Å². The first-order valence-electron chi connectivity index (χ1n) is 6.44. The summed E-state index contributed by atoms with van der Waals surface area (Å²) in [4.78, 5) is 4.06. The average Bonchev–Trinajstić information content (AvgIpc) is 2.74. The van der Waals surface area contributed by atoms with Gasteiger partial charge in [-0.1, -0.05) is 6.92 Å². The van der Waals surface area contributed by atoms with Crippen molar-refractivity contribution in [2.75, 3.05) is 26.2 Å². The maximum Gasteiger partial charge on any atom is 0.0328 e. The molecule has 0 bridgehead atoms. The highest BCUT2D eigenvalue weighted by Crippen LogP contribution is 2.23. The Bertz CT molecular complexity index is 332. The van der Waals surface area contributed by atoms with Gasteiger partial charge in [0.05, 0.1) is 0 Å². The lowest BCUT2D eigenvalue weighted by atomic mass is 9.97. The van der Waals surface area contributed by atoms with Crippen molar-refractivity contribution in [3.8, 4) is 0 Å². The van der Waals surface area contributed by atoms with Gasteiger partial charge in [-0.25, -0.2) is 0 Å². The summed E-state index contributed by atoms with van der Waals surface area (Å²) in [6.45, 7) is 8.13. The van der Waals surface area contributed by atoms with Gasteiger partial charge in [-0.3, -0.25) is 4.90 Å². The second-order valence-corrected chi connectivity index (χ2v) is 6.67. The van der Waals surface area contributed by atoms with Gasteiger partial charge >= 0.3 is 0 Å². The molecule has 0 unspecified atom stereocenters. The zero-order valence-electron chi connectivity index (χ0n) is 10.4. The third kappa shape index (κ3) is 4.36. The van der Waals surface area contributed by atoms with E-state index in [9.17, 15) is 0 Å². The monoisotopic (exact) mass is 316 g/mol. The molecule has 96 valence electrons. The van der Waals surface area contributed by atoms with Crippen molar-refractivity contribution in [3.05, 3.63) is 20.8 Å². The van der Waals surface area contributed by atoms with E-state index in [-0.39, 0.29) is 0 Å². The van der Waals surface area contributed by atoms with Crippen molar-refractivity contribution in [2.24, 2.45) is 5.92 Å². The maximum absolute atomic E-state index is 3.52. The molecule has 4 heteroatoms. The summed E-state index contributed by atoms with van der Waals surface area (Å²) in [5, 5.41) is 5.64. The van der Waals surface area contributed by atoms with Crippen molar-refractivity contribution in [1.29, 1.82) is 0 Å². The molecule has 0 saturated carbocycles. The summed E-state index contributed by atoms with van der Waals surface area (Å²) in [7, 11) is 0. The third-order valence-electron chi connectivity index (χ3n) is 3.39. The summed E-state index contributed by atoms with van der Waals surface area (Å²) in [5.41, 5.74) is 0. The number of piperidine rings is 1. The van der Waals surface area contributed by atoms with Crippen molar-refractivity contribution in [2.45, 2.75) is 26.3 Å². The second kappa shape index (κ2) is 6.88. The van der Waals surface area contributed by atoms with E-state index in [1.165, 1.54) is 41.8 Å². The molecule has 0 atom stereocenters. The molecular formula is C13H21BrN2S. The highest BCUT2D eigenvalue weighted by atomic mass is 79.9. The molecule has 1 aliphatic heterocycles. The Morgan fingerprint density at radius 2 is 2.24 bits per heavy atom. The minimum absolute atomic E-state index is 0.890. The number of hydrogen-bond donors (Lipinski definition) is 1. The Kier molecular flexibility index (Phi) is 5.48. The quantitative estimate of drug-likeness (QED) is 0.896. The van der Waals surface area contributed by atoms with Crippen LogP contribution in [-0.4, -0.2) is 31.1 Å². The highest BCUT2D eigenvalue weighted by Gasteiger charge is 2.18. The fourth-order valence-electron chi connectivity index (χ4n) is 2.35. The first-order valence-corrected chi connectivity index (χ1v) is 8.11. The van der Waals surface area contributed by atoms with E-state index in [1.807, 2.05) is 11.3 Å². The van der Waals surface area contributed by atoms with E-state index in [1.54, 1.807) is 0 Å². The SMILES string of the molecule is CCNCC1CCN(Cc2cc(Br)cs2)CC1. The van der Waals surface area contributed by atoms with Crippen LogP contribution in [0.3, 0.4) is 0 Å². The molecule has 0 aromatic carbocycles. The van der Waals surface area contributed by atoms with Crippen molar-refractivity contribution in [1.82, 2.24) is 10.2 Å². The van der Waals surface area contributed by atoms with Crippen molar-refractivity contribution in [3.63, 3.8) is 0 Å². The first-order chi connectivity index (χ1) is 8.28. The minimum atomic E-state index is 0.890. The van der Waals surface area contributed by atoms with E-state index in [0.29, 0.717) is 0 Å². The molecule has 1 aromatic heterocycles. The number of halogens is 1. The minimum Gasteiger partial charge on any atom is -0.317 e. The number of nitrogens with zero attached hydrogens (tertiary/aromatic N) is 1. The van der Waals surface area contributed by atoms with E-state index < -0.39 is 0 Å². The van der Waals surface area contributed by atoms with Gasteiger partial charge in [0.1, 0.15) is 0 Å². The molecule has 2 heterocycles. The van der Waals surface area contributed by atoms with Gasteiger partial charge < -0.3 is 5.32 Å². The molecule has 0 aliphatic carbocycles. The summed E-state index contributed by atoms with van der Waals surface area (Å²) >= 11 is 5.38. The maximum atomic E-state index is 3.52. The largest absolute Gasteiger partial charge is 0.317 e. The van der Waals surface area contributed by atoms with Crippen molar-refractivity contribution < 1.29 is 0 Å². The van der Waals surface area contributed by atoms with Crippen LogP contribution in [0.4, 0.5) is 0 Å². The summed E-state index contributed by atoms with van der Waals surface area (Å²) in [6.07, 6.45) is 2.69. The fraction of sp³-hybridized carbons (Fsp3) is 0.692. The standard InChI is InChI=1S/C13H21BrN2S/c1-2-15-8-11-3-5-16(6-4-11)9-13-7-12(14)10-17-13/h7,10-11,15H,2-6,8-9H2,1H3. The number of nitrogens with one attached hydrogen (secondary N) is 1. The highest BCUT2D eigenvalue weighted by molar-refractivity contribution is 9.10. The Hall–Kier alpha value is 0.1000. The van der Waals surface area contributed by atoms with E-state index in [4.69, 9.17) is 0 Å². The Labute approximate surface area is 117 Å². The van der Waals surface area contributed by atoms with E-state index >= 15 is 0 Å². The average molecular weight is 317 g/mol. The molecular weight excluding hydrogens is 296 g/mol. The van der Waals surface area contributed by atoms with Crippen LogP contribution >= 0.6 is 27.3 Å². The van der Waals surface area contributed by atoms with E-state index in [2.05, 4.69) is 44.5 Å². The molecule has 0 spiro atoms. The van der Waals surface area contributed by atoms with Crippen LogP contribution in [0.25, 0.3) is 0 Å². The molecule has 17 heavy (non-hydrogen) atoms. The van der Waals surface area contributed by atoms with Gasteiger partial charge in [0, 0.05) is 21.3 Å². The molecule has 0 amide bonds. The predicted octanol–water partition coefficient (Wildman–Crippen LogP) is 3.33. The lowest BCUT2D eigenvalue weighted by Crippen LogP contribution is -2.36. The molecule has 2 rings (SSSR count). The smallest absolute Gasteiger partial charge is 0.0328 e. The lowest BCUT2D eigenvalue weighted by Gasteiger charge is -2.31. The molecule has 1 saturated heterocycles. The topological polar surface area (TPSA) is 15.3 Å². The number of thiophene rings is 1. The van der Waals surface area contributed by atoms with E-state index in [0.717, 1.165) is 19.0 Å². The predicted molar refractivity (Wildman–Crippen MR) is 78.6 cm³/mol. The molecule has 1 aromatic rings. The fourth-order valence-corrected chi connectivity index (χ4v) is 3.85. The summed E-state index contributed by atoms with van der Waals surface area (Å²) in [5.74, 6) is 0.890. The lowest BCUT2D eigenvalue weighted by molar-refractivity contribution is 0.177. The van der Waals surface area contributed by atoms with Crippen LogP contribution in [0.15, 0.2) is 15.9 Å². The Morgan fingerprint density at radius 1 is 1.47 bits per heavy atom. The van der Waals surface area contributed by atoms with Gasteiger partial charge in [0.15, 0.2) is 0 Å². The molecule has 1 N–H and O–H groups in total. The summed E-state index contributed by atoms with van der Waals surface area (Å²) in [6, 6.07) is 2.25. The Morgan fingerprint density at radius 3 is 2.82 bits per heavy atom. The van der Waals surface area contributed by atoms with Gasteiger partial charge in [-0.15, -0.1) is 11.3 Å². The number of hydrogen-bond acceptors (Lipinski definition) is 3. The summed E-state index contributed by atoms with van der Waals surface area (Å²) < 4.78 is 1.22. The van der Waals surface area contributed by atoms with Crippen molar-refractivity contribution >= 4 is 27.3 Å². The Balaban J connectivity index is 1.72. The third-order valence-corrected chi connectivity index (χ3v) is 5.07. The van der Waals surface area contributed by atoms with Crippen LogP contribution in [-0.2, 0) is 6.54 Å². The van der Waals surface area contributed by atoms with Gasteiger partial charge in [0.25, 0.3) is 0 Å². The zero-order valence-corrected chi connectivity index (χ0v) is 12.8.